The zero-order valence-electron chi connectivity index (χ0n) is 6.18. The highest BCUT2D eigenvalue weighted by molar-refractivity contribution is 5.97. The van der Waals surface area contributed by atoms with Crippen LogP contribution in [0, 0.1) is 0 Å². The molecule has 3 nitrogen and oxygen atoms in total. The van der Waals surface area contributed by atoms with Gasteiger partial charge in [0.2, 0.25) is 5.91 Å². The topological polar surface area (TPSA) is 41.5 Å². The van der Waals surface area contributed by atoms with Gasteiger partial charge in [-0.15, -0.1) is 0 Å². The van der Waals surface area contributed by atoms with Crippen molar-refractivity contribution in [3.63, 3.8) is 0 Å². The fourth-order valence-corrected chi connectivity index (χ4v) is 1.00. The lowest BCUT2D eigenvalue weighted by Crippen LogP contribution is -2.29. The molecule has 0 saturated heterocycles. The van der Waals surface area contributed by atoms with Crippen LogP contribution in [0.4, 0.5) is 0 Å². The van der Waals surface area contributed by atoms with E-state index in [4.69, 9.17) is 0 Å². The normalized spacial score (nSPS) is 17.9. The van der Waals surface area contributed by atoms with E-state index in [9.17, 15) is 4.79 Å². The number of hydrogen-bond acceptors (Lipinski definition) is 2. The van der Waals surface area contributed by atoms with Crippen LogP contribution in [0.2, 0.25) is 0 Å². The average Bonchev–Trinajstić information content (AvgIpc) is 1.88. The van der Waals surface area contributed by atoms with E-state index in [0.717, 1.165) is 31.6 Å². The number of aliphatic imine (C=N–C) groups is 1. The Hall–Kier alpha value is -0.860. The maximum absolute atomic E-state index is 10.5. The molecule has 0 aliphatic carbocycles. The van der Waals surface area contributed by atoms with Crippen LogP contribution in [-0.4, -0.2) is 18.3 Å². The van der Waals surface area contributed by atoms with Crippen molar-refractivity contribution in [2.24, 2.45) is 4.99 Å². The third-order valence-corrected chi connectivity index (χ3v) is 1.44. The molecule has 1 amide bonds. The van der Waals surface area contributed by atoms with Crippen molar-refractivity contribution in [2.75, 3.05) is 6.54 Å². The number of nitrogens with one attached hydrogen (secondary N) is 1. The van der Waals surface area contributed by atoms with Crippen LogP contribution in [0.1, 0.15) is 26.2 Å². The number of carbonyl (C=O) groups excluding carboxylic acids is 1. The summed E-state index contributed by atoms with van der Waals surface area (Å²) in [6.07, 6.45) is 3.24. The summed E-state index contributed by atoms with van der Waals surface area (Å²) in [6.45, 7) is 2.38. The first-order chi connectivity index (χ1) is 4.79. The van der Waals surface area contributed by atoms with Crippen molar-refractivity contribution in [2.45, 2.75) is 26.2 Å². The Labute approximate surface area is 60.5 Å². The summed E-state index contributed by atoms with van der Waals surface area (Å²) >= 11 is 0. The van der Waals surface area contributed by atoms with E-state index in [-0.39, 0.29) is 5.91 Å². The van der Waals surface area contributed by atoms with Gasteiger partial charge >= 0.3 is 0 Å². The number of amidine groups is 1. The molecule has 3 heteroatoms. The Bertz CT molecular complexity index is 163. The molecule has 0 spiro atoms. The molecular weight excluding hydrogens is 128 g/mol. The highest BCUT2D eigenvalue weighted by Gasteiger charge is 2.04. The minimum absolute atomic E-state index is 0.0133. The van der Waals surface area contributed by atoms with Crippen LogP contribution < -0.4 is 5.32 Å². The molecule has 0 fully saturated rings. The van der Waals surface area contributed by atoms with E-state index in [1.807, 2.05) is 0 Å². The molecule has 56 valence electrons. The summed E-state index contributed by atoms with van der Waals surface area (Å²) < 4.78 is 0. The molecule has 0 bridgehead atoms. The summed E-state index contributed by atoms with van der Waals surface area (Å²) in [4.78, 5) is 14.7. The Kier molecular flexibility index (Phi) is 2.42. The van der Waals surface area contributed by atoms with E-state index in [2.05, 4.69) is 10.3 Å². The first-order valence-electron chi connectivity index (χ1n) is 3.60. The SMILES string of the molecule is CC(=O)NC1=NCCCC1. The quantitative estimate of drug-likeness (QED) is 0.529. The molecule has 1 heterocycles. The number of hydrogen-bond donors (Lipinski definition) is 1. The van der Waals surface area contributed by atoms with Crippen molar-refractivity contribution in [1.82, 2.24) is 5.32 Å². The lowest BCUT2D eigenvalue weighted by Gasteiger charge is -2.10. The van der Waals surface area contributed by atoms with E-state index >= 15 is 0 Å². The first kappa shape index (κ1) is 7.25. The van der Waals surface area contributed by atoms with E-state index < -0.39 is 0 Å². The Morgan fingerprint density at radius 2 is 2.40 bits per heavy atom. The van der Waals surface area contributed by atoms with Gasteiger partial charge in [-0.3, -0.25) is 9.79 Å². The summed E-state index contributed by atoms with van der Waals surface area (Å²) in [5.41, 5.74) is 0. The first-order valence-corrected chi connectivity index (χ1v) is 3.60. The molecule has 1 aliphatic heterocycles. The number of amides is 1. The number of nitrogens with zero attached hydrogens (tertiary/aromatic N) is 1. The monoisotopic (exact) mass is 140 g/mol. The molecule has 1 aliphatic rings. The van der Waals surface area contributed by atoms with Crippen LogP contribution in [-0.2, 0) is 4.79 Å². The largest absolute Gasteiger partial charge is 0.315 e. The Morgan fingerprint density at radius 3 is 2.90 bits per heavy atom. The molecule has 0 aromatic rings. The highest BCUT2D eigenvalue weighted by atomic mass is 16.1. The summed E-state index contributed by atoms with van der Waals surface area (Å²) in [6, 6.07) is 0. The molecule has 1 rings (SSSR count). The van der Waals surface area contributed by atoms with Crippen LogP contribution >= 0.6 is 0 Å². The molecule has 0 aromatic carbocycles. The predicted octanol–water partition coefficient (Wildman–Crippen LogP) is 0.705. The van der Waals surface area contributed by atoms with Crippen LogP contribution in [0.15, 0.2) is 4.99 Å². The van der Waals surface area contributed by atoms with Gasteiger partial charge in [0.1, 0.15) is 5.84 Å². The molecule has 0 atom stereocenters. The standard InChI is InChI=1S/C7H12N2O/c1-6(10)9-7-4-2-3-5-8-7/h2-5H2,1H3,(H,8,9,10). The molecule has 0 saturated carbocycles. The number of rotatable bonds is 0. The third-order valence-electron chi connectivity index (χ3n) is 1.44. The summed E-state index contributed by atoms with van der Waals surface area (Å²) in [5, 5.41) is 2.69. The second-order valence-electron chi connectivity index (χ2n) is 2.47. The van der Waals surface area contributed by atoms with E-state index in [0.29, 0.717) is 0 Å². The zero-order valence-corrected chi connectivity index (χ0v) is 6.18. The van der Waals surface area contributed by atoms with E-state index in [1.54, 1.807) is 0 Å². The minimum atomic E-state index is -0.0133. The van der Waals surface area contributed by atoms with E-state index in [1.165, 1.54) is 6.92 Å². The second kappa shape index (κ2) is 3.34. The Morgan fingerprint density at radius 1 is 1.60 bits per heavy atom. The molecular formula is C7H12N2O. The van der Waals surface area contributed by atoms with Gasteiger partial charge in [0.25, 0.3) is 0 Å². The second-order valence-corrected chi connectivity index (χ2v) is 2.47. The van der Waals surface area contributed by atoms with Gasteiger partial charge in [0.05, 0.1) is 0 Å². The fraction of sp³-hybridized carbons (Fsp3) is 0.714. The molecule has 1 N–H and O–H groups in total. The minimum Gasteiger partial charge on any atom is -0.315 e. The molecule has 10 heavy (non-hydrogen) atoms. The van der Waals surface area contributed by atoms with Gasteiger partial charge in [-0.25, -0.2) is 0 Å². The third kappa shape index (κ3) is 2.17. The van der Waals surface area contributed by atoms with Crippen molar-refractivity contribution in [3.8, 4) is 0 Å². The zero-order chi connectivity index (χ0) is 7.40. The predicted molar refractivity (Wildman–Crippen MR) is 40.0 cm³/mol. The fourth-order valence-electron chi connectivity index (χ4n) is 1.00. The summed E-state index contributed by atoms with van der Waals surface area (Å²) in [7, 11) is 0. The van der Waals surface area contributed by atoms with Gasteiger partial charge in [0, 0.05) is 19.9 Å². The van der Waals surface area contributed by atoms with Crippen molar-refractivity contribution in [3.05, 3.63) is 0 Å². The van der Waals surface area contributed by atoms with Crippen LogP contribution in [0.3, 0.4) is 0 Å². The molecule has 0 unspecified atom stereocenters. The van der Waals surface area contributed by atoms with Gasteiger partial charge in [-0.05, 0) is 12.8 Å². The molecule has 0 radical (unpaired) electrons. The maximum Gasteiger partial charge on any atom is 0.222 e. The highest BCUT2D eigenvalue weighted by Crippen LogP contribution is 2.03. The van der Waals surface area contributed by atoms with Gasteiger partial charge in [0.15, 0.2) is 0 Å². The van der Waals surface area contributed by atoms with Crippen LogP contribution in [0.25, 0.3) is 0 Å². The smallest absolute Gasteiger partial charge is 0.222 e. The lowest BCUT2D eigenvalue weighted by atomic mass is 10.2. The van der Waals surface area contributed by atoms with Gasteiger partial charge < -0.3 is 5.32 Å². The van der Waals surface area contributed by atoms with Gasteiger partial charge in [-0.1, -0.05) is 0 Å². The molecule has 0 aromatic heterocycles. The lowest BCUT2D eigenvalue weighted by molar-refractivity contribution is -0.117. The average molecular weight is 140 g/mol. The summed E-state index contributed by atoms with van der Waals surface area (Å²) in [5.74, 6) is 0.847. The van der Waals surface area contributed by atoms with Gasteiger partial charge in [-0.2, -0.15) is 0 Å². The maximum atomic E-state index is 10.5. The Balaban J connectivity index is 2.38. The van der Waals surface area contributed by atoms with Crippen LogP contribution in [0.5, 0.6) is 0 Å². The van der Waals surface area contributed by atoms with Crippen molar-refractivity contribution >= 4 is 11.7 Å². The van der Waals surface area contributed by atoms with Crippen molar-refractivity contribution in [1.29, 1.82) is 0 Å². The van der Waals surface area contributed by atoms with Crippen molar-refractivity contribution < 1.29 is 4.79 Å². The number of carbonyl (C=O) groups is 1.